The lowest BCUT2D eigenvalue weighted by atomic mass is 9.99. The Morgan fingerprint density at radius 1 is 1.50 bits per heavy atom. The average Bonchev–Trinajstić information content (AvgIpc) is 2.37. The molecule has 18 heavy (non-hydrogen) atoms. The maximum atomic E-state index is 10.7. The van der Waals surface area contributed by atoms with Gasteiger partial charge in [-0.05, 0) is 24.0 Å². The van der Waals surface area contributed by atoms with Gasteiger partial charge in [-0.25, -0.2) is 0 Å². The molecule has 0 amide bonds. The standard InChI is InChI=1S/C13H18N2O3/c1-2-13(16)9-14-6-5-10-3-4-12(15(17)18)7-11(10)8-14/h3-4,7,13,16H,2,5-6,8-9H2,1H3/t13-/m1/s1. The van der Waals surface area contributed by atoms with E-state index in [1.165, 1.54) is 5.56 Å². The summed E-state index contributed by atoms with van der Waals surface area (Å²) >= 11 is 0. The molecular weight excluding hydrogens is 232 g/mol. The molecule has 2 rings (SSSR count). The van der Waals surface area contributed by atoms with Crippen molar-refractivity contribution in [3.8, 4) is 0 Å². The van der Waals surface area contributed by atoms with E-state index in [9.17, 15) is 15.2 Å². The monoisotopic (exact) mass is 250 g/mol. The summed E-state index contributed by atoms with van der Waals surface area (Å²) in [7, 11) is 0. The summed E-state index contributed by atoms with van der Waals surface area (Å²) in [5, 5.41) is 20.4. The van der Waals surface area contributed by atoms with E-state index in [2.05, 4.69) is 4.90 Å². The van der Waals surface area contributed by atoms with Crippen LogP contribution in [0.4, 0.5) is 5.69 Å². The Morgan fingerprint density at radius 3 is 2.94 bits per heavy atom. The molecule has 5 heteroatoms. The summed E-state index contributed by atoms with van der Waals surface area (Å²) in [6.45, 7) is 4.18. The topological polar surface area (TPSA) is 66.6 Å². The van der Waals surface area contributed by atoms with Crippen LogP contribution in [-0.4, -0.2) is 34.1 Å². The first kappa shape index (κ1) is 13.0. The van der Waals surface area contributed by atoms with Gasteiger partial charge in [0.25, 0.3) is 5.69 Å². The summed E-state index contributed by atoms with van der Waals surface area (Å²) in [5.41, 5.74) is 2.34. The Hall–Kier alpha value is -1.46. The first-order valence-corrected chi connectivity index (χ1v) is 6.26. The highest BCUT2D eigenvalue weighted by Gasteiger charge is 2.20. The molecule has 0 aliphatic carbocycles. The zero-order chi connectivity index (χ0) is 13.1. The van der Waals surface area contributed by atoms with E-state index < -0.39 is 0 Å². The minimum Gasteiger partial charge on any atom is -0.392 e. The lowest BCUT2D eigenvalue weighted by molar-refractivity contribution is -0.385. The van der Waals surface area contributed by atoms with E-state index in [1.807, 2.05) is 13.0 Å². The third-order valence-electron chi connectivity index (χ3n) is 3.43. The van der Waals surface area contributed by atoms with E-state index in [0.29, 0.717) is 13.1 Å². The van der Waals surface area contributed by atoms with E-state index >= 15 is 0 Å². The maximum absolute atomic E-state index is 10.7. The second-order valence-electron chi connectivity index (χ2n) is 4.76. The maximum Gasteiger partial charge on any atom is 0.269 e. The number of nitro groups is 1. The SMILES string of the molecule is CC[C@@H](O)CN1CCc2ccc([N+](=O)[O-])cc2C1. The molecule has 1 N–H and O–H groups in total. The highest BCUT2D eigenvalue weighted by molar-refractivity contribution is 5.41. The number of benzene rings is 1. The van der Waals surface area contributed by atoms with Gasteiger partial charge in [-0.15, -0.1) is 0 Å². The molecule has 1 aliphatic heterocycles. The largest absolute Gasteiger partial charge is 0.392 e. The molecule has 0 radical (unpaired) electrons. The smallest absolute Gasteiger partial charge is 0.269 e. The molecule has 0 saturated heterocycles. The predicted molar refractivity (Wildman–Crippen MR) is 68.4 cm³/mol. The van der Waals surface area contributed by atoms with Crippen LogP contribution in [0.1, 0.15) is 24.5 Å². The van der Waals surface area contributed by atoms with Crippen LogP contribution in [-0.2, 0) is 13.0 Å². The second kappa shape index (κ2) is 5.46. The number of hydrogen-bond acceptors (Lipinski definition) is 4. The van der Waals surface area contributed by atoms with Crippen LogP contribution in [0.3, 0.4) is 0 Å². The Kier molecular flexibility index (Phi) is 3.93. The summed E-state index contributed by atoms with van der Waals surface area (Å²) in [6, 6.07) is 5.07. The Bertz CT molecular complexity index is 448. The van der Waals surface area contributed by atoms with Gasteiger partial charge in [0.05, 0.1) is 11.0 Å². The number of rotatable bonds is 4. The van der Waals surface area contributed by atoms with Crippen molar-refractivity contribution >= 4 is 5.69 Å². The number of nitro benzene ring substituents is 1. The van der Waals surface area contributed by atoms with Gasteiger partial charge in [-0.3, -0.25) is 15.0 Å². The van der Waals surface area contributed by atoms with E-state index in [4.69, 9.17) is 0 Å². The molecule has 98 valence electrons. The number of nitrogens with zero attached hydrogens (tertiary/aromatic N) is 2. The first-order valence-electron chi connectivity index (χ1n) is 6.26. The van der Waals surface area contributed by atoms with Crippen LogP contribution >= 0.6 is 0 Å². The van der Waals surface area contributed by atoms with Gasteiger partial charge in [-0.1, -0.05) is 13.0 Å². The number of β-amino-alcohol motifs (C(OH)–C–C–N with tert-alkyl or cyclic N) is 1. The summed E-state index contributed by atoms with van der Waals surface area (Å²) < 4.78 is 0. The number of hydrogen-bond donors (Lipinski definition) is 1. The lowest BCUT2D eigenvalue weighted by Crippen LogP contribution is -2.36. The minimum atomic E-state index is -0.361. The van der Waals surface area contributed by atoms with Crippen molar-refractivity contribution in [2.24, 2.45) is 0 Å². The fourth-order valence-corrected chi connectivity index (χ4v) is 2.30. The fraction of sp³-hybridized carbons (Fsp3) is 0.538. The van der Waals surface area contributed by atoms with Crippen molar-refractivity contribution in [2.45, 2.75) is 32.4 Å². The van der Waals surface area contributed by atoms with Gasteiger partial charge in [0.2, 0.25) is 0 Å². The average molecular weight is 250 g/mol. The molecule has 1 aromatic rings. The number of non-ortho nitro benzene ring substituents is 1. The van der Waals surface area contributed by atoms with Crippen molar-refractivity contribution < 1.29 is 10.0 Å². The van der Waals surface area contributed by atoms with Gasteiger partial charge in [0.15, 0.2) is 0 Å². The molecule has 5 nitrogen and oxygen atoms in total. The molecular formula is C13H18N2O3. The molecule has 1 aliphatic rings. The molecule has 1 heterocycles. The first-order chi connectivity index (χ1) is 8.60. The van der Waals surface area contributed by atoms with E-state index in [-0.39, 0.29) is 16.7 Å². The second-order valence-corrected chi connectivity index (χ2v) is 4.76. The number of fused-ring (bicyclic) bond motifs is 1. The Labute approximate surface area is 106 Å². The molecule has 0 aromatic heterocycles. The van der Waals surface area contributed by atoms with Crippen LogP contribution < -0.4 is 0 Å². The zero-order valence-corrected chi connectivity index (χ0v) is 10.5. The van der Waals surface area contributed by atoms with Crippen LogP contribution in [0.15, 0.2) is 18.2 Å². The molecule has 1 aromatic carbocycles. The molecule has 0 fully saturated rings. The van der Waals surface area contributed by atoms with E-state index in [1.54, 1.807) is 12.1 Å². The minimum absolute atomic E-state index is 0.145. The molecule has 0 saturated carbocycles. The lowest BCUT2D eigenvalue weighted by Gasteiger charge is -2.29. The molecule has 1 atom stereocenters. The summed E-state index contributed by atoms with van der Waals surface area (Å²) in [6.07, 6.45) is 1.31. The van der Waals surface area contributed by atoms with Gasteiger partial charge in [0, 0.05) is 31.8 Å². The van der Waals surface area contributed by atoms with Crippen molar-refractivity contribution in [3.63, 3.8) is 0 Å². The molecule has 0 unspecified atom stereocenters. The molecule has 0 spiro atoms. The van der Waals surface area contributed by atoms with Crippen LogP contribution in [0, 0.1) is 10.1 Å². The molecule has 0 bridgehead atoms. The third-order valence-corrected chi connectivity index (χ3v) is 3.43. The highest BCUT2D eigenvalue weighted by Crippen LogP contribution is 2.23. The number of aliphatic hydroxyl groups excluding tert-OH is 1. The fourth-order valence-electron chi connectivity index (χ4n) is 2.30. The Morgan fingerprint density at radius 2 is 2.28 bits per heavy atom. The highest BCUT2D eigenvalue weighted by atomic mass is 16.6. The van der Waals surface area contributed by atoms with Crippen molar-refractivity contribution in [1.29, 1.82) is 0 Å². The van der Waals surface area contributed by atoms with E-state index in [0.717, 1.165) is 24.9 Å². The van der Waals surface area contributed by atoms with Crippen LogP contribution in [0.2, 0.25) is 0 Å². The normalized spacial score (nSPS) is 17.2. The summed E-state index contributed by atoms with van der Waals surface area (Å²) in [5.74, 6) is 0. The quantitative estimate of drug-likeness (QED) is 0.652. The summed E-state index contributed by atoms with van der Waals surface area (Å²) in [4.78, 5) is 12.5. The zero-order valence-electron chi connectivity index (χ0n) is 10.5. The van der Waals surface area contributed by atoms with Crippen molar-refractivity contribution in [1.82, 2.24) is 4.90 Å². The van der Waals surface area contributed by atoms with Gasteiger partial charge >= 0.3 is 0 Å². The predicted octanol–water partition coefficient (Wildman–Crippen LogP) is 1.72. The van der Waals surface area contributed by atoms with Gasteiger partial charge in [0.1, 0.15) is 0 Å². The van der Waals surface area contributed by atoms with Crippen LogP contribution in [0.5, 0.6) is 0 Å². The Balaban J connectivity index is 2.12. The third kappa shape index (κ3) is 2.86. The number of aliphatic hydroxyl groups is 1. The van der Waals surface area contributed by atoms with Crippen molar-refractivity contribution in [2.75, 3.05) is 13.1 Å². The van der Waals surface area contributed by atoms with Crippen LogP contribution in [0.25, 0.3) is 0 Å². The van der Waals surface area contributed by atoms with Crippen molar-refractivity contribution in [3.05, 3.63) is 39.4 Å². The van der Waals surface area contributed by atoms with Gasteiger partial charge in [-0.2, -0.15) is 0 Å². The van der Waals surface area contributed by atoms with Gasteiger partial charge < -0.3 is 5.11 Å².